The molecule has 100 valence electrons. The molecule has 8 heteroatoms. The summed E-state index contributed by atoms with van der Waals surface area (Å²) in [5.41, 5.74) is -0.0598. The second-order valence-corrected chi connectivity index (χ2v) is 5.67. The molecule has 0 aliphatic carbocycles. The molecule has 0 atom stereocenters. The van der Waals surface area contributed by atoms with E-state index in [-0.39, 0.29) is 22.9 Å². The molecule has 0 saturated heterocycles. The number of hydrogen-bond donors (Lipinski definition) is 0. The predicted octanol–water partition coefficient (Wildman–Crippen LogP) is 4.02. The first-order chi connectivity index (χ1) is 9.51. The molecule has 0 radical (unpaired) electrons. The van der Waals surface area contributed by atoms with E-state index in [9.17, 15) is 10.1 Å². The molecule has 0 amide bonds. The van der Waals surface area contributed by atoms with E-state index in [1.807, 2.05) is 28.7 Å². The van der Waals surface area contributed by atoms with Crippen LogP contribution in [0, 0.1) is 25.0 Å². The van der Waals surface area contributed by atoms with Crippen LogP contribution >= 0.6 is 38.5 Å². The van der Waals surface area contributed by atoms with Gasteiger partial charge in [0, 0.05) is 22.8 Å². The highest BCUT2D eigenvalue weighted by Gasteiger charge is 2.21. The molecule has 0 aliphatic rings. The molecule has 1 aromatic heterocycles. The van der Waals surface area contributed by atoms with Crippen LogP contribution in [0.1, 0.15) is 5.56 Å². The van der Waals surface area contributed by atoms with E-state index in [1.165, 1.54) is 18.3 Å². The van der Waals surface area contributed by atoms with Gasteiger partial charge in [0.25, 0.3) is 0 Å². The van der Waals surface area contributed by atoms with E-state index in [2.05, 4.69) is 20.9 Å². The minimum absolute atomic E-state index is 0.0735. The first kappa shape index (κ1) is 14.7. The Morgan fingerprint density at radius 1 is 1.45 bits per heavy atom. The fraction of sp³-hybridized carbons (Fsp3) is 0. The SMILES string of the molecule is N#Cc1cc(I)c(Oc2ccc(Br)cn2)c([N+](=O)[O-])c1. The van der Waals surface area contributed by atoms with Gasteiger partial charge in [-0.2, -0.15) is 5.26 Å². The van der Waals surface area contributed by atoms with Gasteiger partial charge in [-0.25, -0.2) is 4.98 Å². The number of hydrogen-bond acceptors (Lipinski definition) is 5. The van der Waals surface area contributed by atoms with Crippen molar-refractivity contribution >= 4 is 44.2 Å². The largest absolute Gasteiger partial charge is 0.431 e. The van der Waals surface area contributed by atoms with E-state index in [0.29, 0.717) is 3.57 Å². The predicted molar refractivity (Wildman–Crippen MR) is 82.5 cm³/mol. The zero-order chi connectivity index (χ0) is 14.7. The molecule has 20 heavy (non-hydrogen) atoms. The summed E-state index contributed by atoms with van der Waals surface area (Å²) in [5, 5.41) is 19.9. The minimum Gasteiger partial charge on any atom is -0.431 e. The lowest BCUT2D eigenvalue weighted by Crippen LogP contribution is -1.98. The van der Waals surface area contributed by atoms with Crippen LogP contribution in [0.3, 0.4) is 0 Å². The van der Waals surface area contributed by atoms with E-state index >= 15 is 0 Å². The van der Waals surface area contributed by atoms with Crippen LogP contribution in [-0.4, -0.2) is 9.91 Å². The smallest absolute Gasteiger partial charge is 0.314 e. The molecule has 0 fully saturated rings. The highest BCUT2D eigenvalue weighted by atomic mass is 127. The number of pyridine rings is 1. The van der Waals surface area contributed by atoms with E-state index in [4.69, 9.17) is 10.00 Å². The molecule has 0 saturated carbocycles. The molecular weight excluding hydrogens is 441 g/mol. The summed E-state index contributed by atoms with van der Waals surface area (Å²) in [6, 6.07) is 7.87. The monoisotopic (exact) mass is 445 g/mol. The highest BCUT2D eigenvalue weighted by Crippen LogP contribution is 2.36. The van der Waals surface area contributed by atoms with Crippen molar-refractivity contribution in [2.24, 2.45) is 0 Å². The fourth-order valence-corrected chi connectivity index (χ4v) is 2.36. The molecule has 0 bridgehead atoms. The van der Waals surface area contributed by atoms with Crippen LogP contribution < -0.4 is 4.74 Å². The average Bonchev–Trinajstić information content (AvgIpc) is 2.42. The van der Waals surface area contributed by atoms with Gasteiger partial charge in [-0.1, -0.05) is 0 Å². The second-order valence-electron chi connectivity index (χ2n) is 3.59. The lowest BCUT2D eigenvalue weighted by atomic mass is 10.2. The summed E-state index contributed by atoms with van der Waals surface area (Å²) in [5.74, 6) is 0.309. The topological polar surface area (TPSA) is 89.0 Å². The highest BCUT2D eigenvalue weighted by molar-refractivity contribution is 14.1. The number of nitrogens with zero attached hydrogens (tertiary/aromatic N) is 3. The number of nitro benzene ring substituents is 1. The van der Waals surface area contributed by atoms with Gasteiger partial charge in [0.05, 0.1) is 20.1 Å². The minimum atomic E-state index is -0.586. The van der Waals surface area contributed by atoms with Crippen LogP contribution in [0.4, 0.5) is 5.69 Å². The standard InChI is InChI=1S/C12H5BrIN3O3/c13-8-1-2-11(16-6-8)20-12-9(14)3-7(5-15)4-10(12)17(18)19/h1-4,6H. The third-order valence-electron chi connectivity index (χ3n) is 2.26. The van der Waals surface area contributed by atoms with Gasteiger partial charge >= 0.3 is 5.69 Å². The summed E-state index contributed by atoms with van der Waals surface area (Å²) >= 11 is 5.12. The van der Waals surface area contributed by atoms with Crippen molar-refractivity contribution in [3.8, 4) is 17.7 Å². The summed E-state index contributed by atoms with van der Waals surface area (Å²) < 4.78 is 6.71. The van der Waals surface area contributed by atoms with E-state index in [1.54, 1.807) is 12.1 Å². The van der Waals surface area contributed by atoms with Crippen molar-refractivity contribution < 1.29 is 9.66 Å². The second kappa shape index (κ2) is 6.15. The molecule has 1 aromatic carbocycles. The Labute approximate surface area is 135 Å². The lowest BCUT2D eigenvalue weighted by molar-refractivity contribution is -0.385. The number of rotatable bonds is 3. The maximum absolute atomic E-state index is 11.1. The molecule has 6 nitrogen and oxygen atoms in total. The number of halogens is 2. The molecule has 0 N–H and O–H groups in total. The fourth-order valence-electron chi connectivity index (χ4n) is 1.41. The molecule has 2 aromatic rings. The van der Waals surface area contributed by atoms with Crippen molar-refractivity contribution in [3.05, 3.63) is 54.2 Å². The molecular formula is C12H5BrIN3O3. The van der Waals surface area contributed by atoms with Gasteiger partial charge in [-0.05, 0) is 50.7 Å². The van der Waals surface area contributed by atoms with E-state index in [0.717, 1.165) is 4.47 Å². The van der Waals surface area contributed by atoms with Crippen LogP contribution in [0.25, 0.3) is 0 Å². The third kappa shape index (κ3) is 3.23. The zero-order valence-corrected chi connectivity index (χ0v) is 13.5. The Kier molecular flexibility index (Phi) is 4.51. The number of nitriles is 1. The van der Waals surface area contributed by atoms with Crippen molar-refractivity contribution in [2.45, 2.75) is 0 Å². The zero-order valence-electron chi connectivity index (χ0n) is 9.71. The summed E-state index contributed by atoms with van der Waals surface area (Å²) in [6.07, 6.45) is 1.53. The van der Waals surface area contributed by atoms with Crippen molar-refractivity contribution in [3.63, 3.8) is 0 Å². The van der Waals surface area contributed by atoms with Crippen LogP contribution in [-0.2, 0) is 0 Å². The van der Waals surface area contributed by atoms with Crippen LogP contribution in [0.5, 0.6) is 11.6 Å². The Morgan fingerprint density at radius 3 is 2.75 bits per heavy atom. The summed E-state index contributed by atoms with van der Waals surface area (Å²) in [6.45, 7) is 0. The molecule has 0 aliphatic heterocycles. The molecule has 1 heterocycles. The molecule has 0 spiro atoms. The molecule has 0 unspecified atom stereocenters. The normalized spacial score (nSPS) is 9.85. The summed E-state index contributed by atoms with van der Waals surface area (Å²) in [4.78, 5) is 14.5. The van der Waals surface area contributed by atoms with Gasteiger partial charge < -0.3 is 4.74 Å². The van der Waals surface area contributed by atoms with Crippen molar-refractivity contribution in [2.75, 3.05) is 0 Å². The Morgan fingerprint density at radius 2 is 2.20 bits per heavy atom. The summed E-state index contributed by atoms with van der Waals surface area (Å²) in [7, 11) is 0. The van der Waals surface area contributed by atoms with Gasteiger partial charge in [0.1, 0.15) is 0 Å². The Balaban J connectivity index is 2.48. The number of aromatic nitrogens is 1. The van der Waals surface area contributed by atoms with E-state index < -0.39 is 4.92 Å². The number of nitro groups is 1. The molecule has 2 rings (SSSR count). The first-order valence-electron chi connectivity index (χ1n) is 5.18. The van der Waals surface area contributed by atoms with Crippen LogP contribution in [0.2, 0.25) is 0 Å². The van der Waals surface area contributed by atoms with Crippen LogP contribution in [0.15, 0.2) is 34.9 Å². The lowest BCUT2D eigenvalue weighted by Gasteiger charge is -2.07. The van der Waals surface area contributed by atoms with Crippen molar-refractivity contribution in [1.29, 1.82) is 5.26 Å². The maximum atomic E-state index is 11.1. The van der Waals surface area contributed by atoms with Gasteiger partial charge in [0.15, 0.2) is 0 Å². The number of benzene rings is 1. The Hall–Kier alpha value is -1.73. The van der Waals surface area contributed by atoms with Gasteiger partial charge in [0.2, 0.25) is 11.6 Å². The first-order valence-corrected chi connectivity index (χ1v) is 7.06. The maximum Gasteiger partial charge on any atom is 0.314 e. The average molecular weight is 446 g/mol. The number of ether oxygens (including phenoxy) is 1. The van der Waals surface area contributed by atoms with Gasteiger partial charge in [-0.3, -0.25) is 10.1 Å². The quantitative estimate of drug-likeness (QED) is 0.404. The third-order valence-corrected chi connectivity index (χ3v) is 3.53. The Bertz CT molecular complexity index is 713. The van der Waals surface area contributed by atoms with Crippen molar-refractivity contribution in [1.82, 2.24) is 4.98 Å². The van der Waals surface area contributed by atoms with Gasteiger partial charge in [-0.15, -0.1) is 0 Å².